The molecule has 1 atom stereocenters. The zero-order valence-electron chi connectivity index (χ0n) is 15.8. The van der Waals surface area contributed by atoms with E-state index < -0.39 is 17.5 Å². The van der Waals surface area contributed by atoms with Crippen LogP contribution in [0, 0.1) is 0 Å². The number of carbonyl (C=O) groups is 3. The van der Waals surface area contributed by atoms with E-state index in [1.807, 2.05) is 19.9 Å². The quantitative estimate of drug-likeness (QED) is 0.705. The number of carbonyl (C=O) groups excluding carboxylic acids is 3. The van der Waals surface area contributed by atoms with Crippen molar-refractivity contribution in [1.29, 1.82) is 0 Å². The molecule has 8 nitrogen and oxygen atoms in total. The lowest BCUT2D eigenvalue weighted by atomic mass is 9.92. The van der Waals surface area contributed by atoms with E-state index in [4.69, 9.17) is 9.47 Å². The van der Waals surface area contributed by atoms with E-state index in [0.29, 0.717) is 17.9 Å². The molecule has 0 aliphatic carbocycles. The van der Waals surface area contributed by atoms with E-state index in [0.717, 1.165) is 23.3 Å². The highest BCUT2D eigenvalue weighted by Gasteiger charge is 2.48. The van der Waals surface area contributed by atoms with Crippen molar-refractivity contribution < 1.29 is 23.9 Å². The topological polar surface area (TPSA) is 97.0 Å². The Balaban J connectivity index is 1.68. The normalized spacial score (nSPS) is 21.0. The summed E-state index contributed by atoms with van der Waals surface area (Å²) in [6, 6.07) is 4.90. The molecule has 1 aromatic carbocycles. The number of nitrogens with one attached hydrogen (secondary N) is 2. The molecule has 2 heterocycles. The summed E-state index contributed by atoms with van der Waals surface area (Å²) in [6.45, 7) is 5.51. The summed E-state index contributed by atoms with van der Waals surface area (Å²) in [5, 5.41) is 5.56. The van der Waals surface area contributed by atoms with Gasteiger partial charge in [-0.3, -0.25) is 14.5 Å². The summed E-state index contributed by atoms with van der Waals surface area (Å²) in [6.07, 6.45) is 1.88. The molecule has 1 aromatic rings. The van der Waals surface area contributed by atoms with Crippen LogP contribution in [0.4, 0.5) is 4.79 Å². The summed E-state index contributed by atoms with van der Waals surface area (Å²) in [7, 11) is 0. The average molecular weight is 375 g/mol. The predicted molar refractivity (Wildman–Crippen MR) is 97.4 cm³/mol. The van der Waals surface area contributed by atoms with Gasteiger partial charge in [0.2, 0.25) is 12.7 Å². The highest BCUT2D eigenvalue weighted by atomic mass is 16.7. The van der Waals surface area contributed by atoms with Gasteiger partial charge in [-0.1, -0.05) is 19.9 Å². The van der Waals surface area contributed by atoms with Gasteiger partial charge < -0.3 is 20.1 Å². The average Bonchev–Trinajstić information content (AvgIpc) is 3.17. The molecule has 3 rings (SSSR count). The Hall–Kier alpha value is -2.77. The Morgan fingerprint density at radius 3 is 2.67 bits per heavy atom. The highest BCUT2D eigenvalue weighted by molar-refractivity contribution is 6.09. The molecular formula is C19H25N3O5. The minimum atomic E-state index is -1.11. The van der Waals surface area contributed by atoms with Crippen molar-refractivity contribution in [2.75, 3.05) is 13.3 Å². The van der Waals surface area contributed by atoms with Crippen LogP contribution < -0.4 is 20.1 Å². The fourth-order valence-electron chi connectivity index (χ4n) is 3.38. The van der Waals surface area contributed by atoms with Crippen molar-refractivity contribution in [3.8, 4) is 11.5 Å². The molecule has 2 aliphatic rings. The number of amides is 4. The van der Waals surface area contributed by atoms with Crippen LogP contribution in [0.3, 0.4) is 0 Å². The fourth-order valence-corrected chi connectivity index (χ4v) is 3.38. The third-order valence-electron chi connectivity index (χ3n) is 4.99. The molecule has 0 unspecified atom stereocenters. The molecule has 27 heavy (non-hydrogen) atoms. The Bertz CT molecular complexity index is 762. The van der Waals surface area contributed by atoms with E-state index in [2.05, 4.69) is 10.6 Å². The largest absolute Gasteiger partial charge is 0.454 e. The third-order valence-corrected chi connectivity index (χ3v) is 4.99. The van der Waals surface area contributed by atoms with Gasteiger partial charge in [-0.2, -0.15) is 0 Å². The molecule has 0 radical (unpaired) electrons. The van der Waals surface area contributed by atoms with E-state index in [-0.39, 0.29) is 25.3 Å². The zero-order valence-corrected chi connectivity index (χ0v) is 15.8. The van der Waals surface area contributed by atoms with Crippen molar-refractivity contribution in [2.45, 2.75) is 51.6 Å². The Morgan fingerprint density at radius 2 is 1.96 bits per heavy atom. The van der Waals surface area contributed by atoms with Gasteiger partial charge in [0.05, 0.1) is 0 Å². The molecule has 8 heteroatoms. The summed E-state index contributed by atoms with van der Waals surface area (Å²) in [5.41, 5.74) is -0.279. The van der Waals surface area contributed by atoms with Gasteiger partial charge in [0.1, 0.15) is 12.1 Å². The minimum absolute atomic E-state index is 0.0401. The number of hydrogen-bond donors (Lipinski definition) is 2. The second-order valence-electron chi connectivity index (χ2n) is 7.10. The SMILES string of the molecule is CCC(CC)NC(=O)CN1C(=O)N[C@](C)(Cc2ccc3c(c2)OCO3)C1=O. The molecule has 2 N–H and O–H groups in total. The number of rotatable bonds is 7. The van der Waals surface area contributed by atoms with E-state index >= 15 is 0 Å². The fraction of sp³-hybridized carbons (Fsp3) is 0.526. The first kappa shape index (κ1) is 19.0. The first-order valence-corrected chi connectivity index (χ1v) is 9.18. The zero-order chi connectivity index (χ0) is 19.6. The lowest BCUT2D eigenvalue weighted by Crippen LogP contribution is -2.47. The molecule has 2 aliphatic heterocycles. The summed E-state index contributed by atoms with van der Waals surface area (Å²) < 4.78 is 10.6. The molecule has 0 bridgehead atoms. The second kappa shape index (κ2) is 7.46. The van der Waals surface area contributed by atoms with Crippen molar-refractivity contribution in [3.05, 3.63) is 23.8 Å². The second-order valence-corrected chi connectivity index (χ2v) is 7.10. The van der Waals surface area contributed by atoms with Crippen molar-refractivity contribution in [1.82, 2.24) is 15.5 Å². The van der Waals surface area contributed by atoms with E-state index in [9.17, 15) is 14.4 Å². The summed E-state index contributed by atoms with van der Waals surface area (Å²) in [5.74, 6) is 0.532. The van der Waals surface area contributed by atoms with Crippen LogP contribution >= 0.6 is 0 Å². The number of nitrogens with zero attached hydrogens (tertiary/aromatic N) is 1. The van der Waals surface area contributed by atoms with Crippen LogP contribution in [0.5, 0.6) is 11.5 Å². The van der Waals surface area contributed by atoms with Crippen molar-refractivity contribution in [3.63, 3.8) is 0 Å². The Morgan fingerprint density at radius 1 is 1.26 bits per heavy atom. The first-order valence-electron chi connectivity index (χ1n) is 9.18. The summed E-state index contributed by atoms with van der Waals surface area (Å²) >= 11 is 0. The van der Waals surface area contributed by atoms with Crippen LogP contribution in [0.1, 0.15) is 39.2 Å². The molecule has 0 saturated carbocycles. The number of imide groups is 1. The molecule has 146 valence electrons. The van der Waals surface area contributed by atoms with Crippen LogP contribution in [-0.2, 0) is 16.0 Å². The summed E-state index contributed by atoms with van der Waals surface area (Å²) in [4.78, 5) is 38.3. The highest BCUT2D eigenvalue weighted by Crippen LogP contribution is 2.34. The van der Waals surface area contributed by atoms with Crippen molar-refractivity contribution >= 4 is 17.8 Å². The van der Waals surface area contributed by atoms with Crippen LogP contribution in [0.15, 0.2) is 18.2 Å². The Kier molecular flexibility index (Phi) is 5.25. The minimum Gasteiger partial charge on any atom is -0.454 e. The molecule has 4 amide bonds. The van der Waals surface area contributed by atoms with E-state index in [1.54, 1.807) is 19.1 Å². The lowest BCUT2D eigenvalue weighted by Gasteiger charge is -2.22. The molecule has 1 saturated heterocycles. The maximum atomic E-state index is 12.8. The van der Waals surface area contributed by atoms with Crippen molar-refractivity contribution in [2.24, 2.45) is 0 Å². The molecule has 1 fully saturated rings. The van der Waals surface area contributed by atoms with Crippen LogP contribution in [0.25, 0.3) is 0 Å². The smallest absolute Gasteiger partial charge is 0.325 e. The van der Waals surface area contributed by atoms with Gasteiger partial charge in [0.25, 0.3) is 5.91 Å². The number of urea groups is 1. The number of fused-ring (bicyclic) bond motifs is 1. The molecule has 0 spiro atoms. The standard InChI is InChI=1S/C19H25N3O5/c1-4-13(5-2)20-16(23)10-22-17(24)19(3,21-18(22)25)9-12-6-7-14-15(8-12)27-11-26-14/h6-8,13H,4-5,9-11H2,1-3H3,(H,20,23)(H,21,25)/t19-/m1/s1. The molecule has 0 aromatic heterocycles. The number of hydrogen-bond acceptors (Lipinski definition) is 5. The lowest BCUT2D eigenvalue weighted by molar-refractivity contribution is -0.134. The van der Waals surface area contributed by atoms with Gasteiger partial charge >= 0.3 is 6.03 Å². The monoisotopic (exact) mass is 375 g/mol. The Labute approximate surface area is 158 Å². The van der Waals surface area contributed by atoms with Gasteiger partial charge in [-0.05, 0) is 37.5 Å². The van der Waals surface area contributed by atoms with Gasteiger partial charge in [0, 0.05) is 12.5 Å². The van der Waals surface area contributed by atoms with Gasteiger partial charge in [0.15, 0.2) is 11.5 Å². The van der Waals surface area contributed by atoms with Crippen LogP contribution in [-0.4, -0.2) is 47.7 Å². The maximum absolute atomic E-state index is 12.8. The number of benzene rings is 1. The van der Waals surface area contributed by atoms with Crippen LogP contribution in [0.2, 0.25) is 0 Å². The maximum Gasteiger partial charge on any atom is 0.325 e. The first-order chi connectivity index (χ1) is 12.9. The number of ether oxygens (including phenoxy) is 2. The predicted octanol–water partition coefficient (Wildman–Crippen LogP) is 1.57. The van der Waals surface area contributed by atoms with Gasteiger partial charge in [-0.25, -0.2) is 4.79 Å². The van der Waals surface area contributed by atoms with E-state index in [1.165, 1.54) is 0 Å². The van der Waals surface area contributed by atoms with Gasteiger partial charge in [-0.15, -0.1) is 0 Å². The molecular weight excluding hydrogens is 350 g/mol. The third kappa shape index (κ3) is 3.84.